The Balaban J connectivity index is 0.000000220. The summed E-state index contributed by atoms with van der Waals surface area (Å²) in [6.45, 7) is 12.8. The average Bonchev–Trinajstić information content (AvgIpc) is 3.86. The van der Waals surface area contributed by atoms with Gasteiger partial charge in [0.2, 0.25) is 0 Å². The van der Waals surface area contributed by atoms with Crippen LogP contribution in [-0.4, -0.2) is 32.8 Å². The first-order chi connectivity index (χ1) is 31.6. The summed E-state index contributed by atoms with van der Waals surface area (Å²) in [4.78, 5) is 15.8. The smallest absolute Gasteiger partial charge is 0 e. The third-order valence-electron chi connectivity index (χ3n) is 11.2. The van der Waals surface area contributed by atoms with E-state index in [0.717, 1.165) is 37.3 Å². The van der Waals surface area contributed by atoms with Crippen molar-refractivity contribution in [2.24, 2.45) is 5.92 Å². The summed E-state index contributed by atoms with van der Waals surface area (Å²) >= 11 is -0.581. The van der Waals surface area contributed by atoms with E-state index in [0.29, 0.717) is 28.7 Å². The summed E-state index contributed by atoms with van der Waals surface area (Å²) < 4.78 is 44.2. The van der Waals surface area contributed by atoms with E-state index in [1.165, 1.54) is 49.5 Å². The minimum absolute atomic E-state index is 0. The van der Waals surface area contributed by atoms with Crippen LogP contribution in [0.25, 0.3) is 70.8 Å². The van der Waals surface area contributed by atoms with Crippen molar-refractivity contribution in [1.29, 1.82) is 0 Å². The van der Waals surface area contributed by atoms with Crippen LogP contribution in [0.2, 0.25) is 17.3 Å². The molecule has 63 heavy (non-hydrogen) atoms. The molecule has 0 saturated heterocycles. The van der Waals surface area contributed by atoms with Crippen LogP contribution in [0, 0.1) is 31.8 Å². The maximum atomic E-state index is 8.60. The third kappa shape index (κ3) is 9.71. The van der Waals surface area contributed by atoms with Crippen LogP contribution >= 0.6 is 11.3 Å². The van der Waals surface area contributed by atoms with Crippen LogP contribution in [0.4, 0.5) is 0 Å². The first-order valence-corrected chi connectivity index (χ1v) is 29.8. The molecule has 0 spiro atoms. The molecule has 7 heteroatoms. The molecule has 9 aromatic rings. The van der Waals surface area contributed by atoms with Crippen molar-refractivity contribution in [2.45, 2.75) is 90.8 Å². The number of pyridine rings is 2. The largest absolute Gasteiger partial charge is 0 e. The molecule has 4 nitrogen and oxygen atoms in total. The van der Waals surface area contributed by atoms with Gasteiger partial charge in [-0.15, -0.1) is 18.2 Å². The second-order valence-electron chi connectivity index (χ2n) is 18.1. The molecule has 0 aliphatic carbocycles. The second-order valence-corrected chi connectivity index (χ2v) is 29.7. The Labute approximate surface area is 402 Å². The second kappa shape index (κ2) is 19.2. The van der Waals surface area contributed by atoms with Crippen LogP contribution in [0.1, 0.15) is 88.2 Å². The first-order valence-electron chi connectivity index (χ1n) is 24.1. The number of benzene rings is 5. The fraction of sp³-hybridized carbons (Fsp3) is 0.268. The van der Waals surface area contributed by atoms with Crippen LogP contribution in [0.3, 0.4) is 0 Å². The fourth-order valence-electron chi connectivity index (χ4n) is 8.13. The van der Waals surface area contributed by atoms with Gasteiger partial charge in [-0.2, -0.15) is 11.3 Å². The number of hydrogen-bond acceptors (Lipinski definition) is 4. The predicted molar refractivity (Wildman–Crippen MR) is 269 cm³/mol. The van der Waals surface area contributed by atoms with E-state index in [9.17, 15) is 0 Å². The maximum absolute atomic E-state index is 8.60. The Bertz CT molecular complexity index is 3210. The number of aryl methyl sites for hydroxylation is 2. The molecule has 5 aromatic carbocycles. The third-order valence-corrected chi connectivity index (χ3v) is 16.6. The van der Waals surface area contributed by atoms with Gasteiger partial charge in [0.05, 0.1) is 16.9 Å². The molecule has 0 saturated carbocycles. The zero-order valence-corrected chi connectivity index (χ0v) is 43.1. The fourth-order valence-corrected chi connectivity index (χ4v) is 12.3. The number of imidazole rings is 1. The molecule has 4 aromatic heterocycles. The molecule has 9 rings (SSSR count). The molecule has 0 amide bonds. The van der Waals surface area contributed by atoms with Gasteiger partial charge in [-0.25, -0.2) is 4.98 Å². The van der Waals surface area contributed by atoms with Crippen LogP contribution < -0.4 is 4.40 Å². The number of para-hydroxylation sites is 2. The minimum atomic E-state index is -2.32. The van der Waals surface area contributed by atoms with E-state index in [2.05, 4.69) is 159 Å². The number of aromatic nitrogens is 4. The molecule has 0 fully saturated rings. The van der Waals surface area contributed by atoms with E-state index >= 15 is 0 Å². The summed E-state index contributed by atoms with van der Waals surface area (Å²) in [6, 6.07) is 45.6. The van der Waals surface area contributed by atoms with Gasteiger partial charge in [0, 0.05) is 31.5 Å². The van der Waals surface area contributed by atoms with E-state index < -0.39 is 26.5 Å². The van der Waals surface area contributed by atoms with E-state index in [1.54, 1.807) is 23.5 Å². The summed E-state index contributed by atoms with van der Waals surface area (Å²) in [6.07, 6.45) is 0.362. The monoisotopic (exact) mass is 1090 g/mol. The number of rotatable bonds is 9. The number of hydrogen-bond donors (Lipinski definition) is 0. The zero-order chi connectivity index (χ0) is 48.2. The molecule has 1 radical (unpaired) electrons. The Morgan fingerprint density at radius 2 is 1.49 bits per heavy atom. The van der Waals surface area contributed by atoms with Gasteiger partial charge in [0.25, 0.3) is 0 Å². The molecular weight excluding hydrogens is 1030 g/mol. The van der Waals surface area contributed by atoms with E-state index in [1.807, 2.05) is 32.2 Å². The summed E-state index contributed by atoms with van der Waals surface area (Å²) in [5.41, 5.74) is 12.8. The van der Waals surface area contributed by atoms with Gasteiger partial charge in [0.15, 0.2) is 0 Å². The van der Waals surface area contributed by atoms with E-state index in [4.69, 9.17) is 16.8 Å². The normalized spacial score (nSPS) is 13.4. The summed E-state index contributed by atoms with van der Waals surface area (Å²) in [5.74, 6) is 8.09. The van der Waals surface area contributed by atoms with Crippen molar-refractivity contribution >= 4 is 60.3 Å². The van der Waals surface area contributed by atoms with Crippen molar-refractivity contribution in [1.82, 2.24) is 19.5 Å². The zero-order valence-electron chi connectivity index (χ0n) is 42.8. The molecule has 323 valence electrons. The average molecular weight is 1090 g/mol. The van der Waals surface area contributed by atoms with Crippen LogP contribution in [0.5, 0.6) is 0 Å². The minimum Gasteiger partial charge on any atom is 0 e. The topological polar surface area (TPSA) is 43.6 Å². The number of thiophene rings is 1. The quantitative estimate of drug-likeness (QED) is 0.107. The van der Waals surface area contributed by atoms with Gasteiger partial charge in [0.1, 0.15) is 4.83 Å². The molecule has 0 aliphatic heterocycles. The predicted octanol–water partition coefficient (Wildman–Crippen LogP) is 15.1. The van der Waals surface area contributed by atoms with E-state index in [-0.39, 0.29) is 31.6 Å². The molecule has 0 N–H and O–H groups in total. The molecule has 0 bridgehead atoms. The molecule has 0 unspecified atom stereocenters. The van der Waals surface area contributed by atoms with Crippen LogP contribution in [-0.2, 0) is 26.5 Å². The SMILES string of the molecule is Cc1ccc2c(n1)sc1c(-c3nc4ccccc4n3-c3c(C(C)C)cc(-c4ccccc4)cc3C(C)C)[c-]ccc12.[2H]C([2H])([2H])c1c[c-]c(-c2cc(C([2H])([2H])C(C)C)[c]([Ge]([CH3])([CH3])[CH3])cn2)cc1.[Ir]. The number of nitrogens with zero attached hydrogens (tertiary/aromatic N) is 4. The Morgan fingerprint density at radius 1 is 0.778 bits per heavy atom. The van der Waals surface area contributed by atoms with Crippen LogP contribution in [0.15, 0.2) is 121 Å². The van der Waals surface area contributed by atoms with Gasteiger partial charge < -0.3 is 4.57 Å². The van der Waals surface area contributed by atoms with Crippen molar-refractivity contribution < 1.29 is 27.0 Å². The summed E-state index contributed by atoms with van der Waals surface area (Å²) in [7, 11) is 0. The molecule has 0 aliphatic rings. The first kappa shape index (κ1) is 39.8. The van der Waals surface area contributed by atoms with Crippen molar-refractivity contribution in [3.05, 3.63) is 162 Å². The van der Waals surface area contributed by atoms with Crippen molar-refractivity contribution in [3.8, 4) is 39.5 Å². The van der Waals surface area contributed by atoms with Gasteiger partial charge in [-0.3, -0.25) is 4.98 Å². The van der Waals surface area contributed by atoms with Crippen molar-refractivity contribution in [3.63, 3.8) is 0 Å². The van der Waals surface area contributed by atoms with Gasteiger partial charge >= 0.3 is 139 Å². The summed E-state index contributed by atoms with van der Waals surface area (Å²) in [5, 5.41) is 2.39. The molecule has 4 heterocycles. The Hall–Kier alpha value is -4.72. The maximum Gasteiger partial charge on any atom is 0 e. The number of fused-ring (bicyclic) bond motifs is 4. The van der Waals surface area contributed by atoms with Crippen molar-refractivity contribution in [2.75, 3.05) is 0 Å². The molecular formula is C56H58GeIrN4S-2. The van der Waals surface area contributed by atoms with Gasteiger partial charge in [-0.05, 0) is 81.4 Å². The Kier molecular flexibility index (Phi) is 12.1. The standard InChI is InChI=1S/C37H32N3S.C19H26GeN.Ir/c1-22(2)30-20-26(25-12-7-6-8-13-25)21-31(23(3)4)34(30)40-33-17-10-9-16-32(33)39-36(40)29-15-11-14-27-28-19-18-24(5)38-37(28)41-35(27)29;1-14(2)11-17-12-19(16-9-7-15(3)8-10-16)21-13-18(17)20(4,5)6;/h6-14,16-23H,1-5H3;7-9,12-14H,11H2,1-6H3;/q2*-1;/i;3D3,11D2;. The molecule has 0 atom stereocenters. The van der Waals surface area contributed by atoms with Gasteiger partial charge in [-0.1, -0.05) is 87.2 Å². The Morgan fingerprint density at radius 3 is 2.14 bits per heavy atom.